The standard InChI is InChI=1S/C6H12F2N2O2/c7-5(8)3(1-2-9)4(10)6(11)12/h3-5H,1-2,9-10H2,(H,11,12)/t3?,4-/m1/s1. The van der Waals surface area contributed by atoms with Crippen LogP contribution in [0.25, 0.3) is 0 Å². The third-order valence-electron chi connectivity index (χ3n) is 1.57. The van der Waals surface area contributed by atoms with E-state index < -0.39 is 24.4 Å². The van der Waals surface area contributed by atoms with Crippen molar-refractivity contribution in [2.75, 3.05) is 6.54 Å². The lowest BCUT2D eigenvalue weighted by Gasteiger charge is -2.18. The van der Waals surface area contributed by atoms with Crippen molar-refractivity contribution in [2.24, 2.45) is 17.4 Å². The van der Waals surface area contributed by atoms with Crippen LogP contribution in [-0.2, 0) is 4.79 Å². The molecule has 12 heavy (non-hydrogen) atoms. The van der Waals surface area contributed by atoms with Crippen LogP contribution in [0.3, 0.4) is 0 Å². The zero-order valence-electron chi connectivity index (χ0n) is 6.41. The maximum absolute atomic E-state index is 12.1. The summed E-state index contributed by atoms with van der Waals surface area (Å²) >= 11 is 0. The Balaban J connectivity index is 4.18. The van der Waals surface area contributed by atoms with Crippen LogP contribution in [0.4, 0.5) is 8.78 Å². The number of hydrogen-bond donors (Lipinski definition) is 3. The highest BCUT2D eigenvalue weighted by Gasteiger charge is 2.31. The van der Waals surface area contributed by atoms with Gasteiger partial charge in [-0.25, -0.2) is 8.78 Å². The van der Waals surface area contributed by atoms with Crippen LogP contribution < -0.4 is 11.5 Å². The molecule has 5 N–H and O–H groups in total. The number of nitrogens with two attached hydrogens (primary N) is 2. The van der Waals surface area contributed by atoms with Gasteiger partial charge in [-0.2, -0.15) is 0 Å². The Kier molecular flexibility index (Phi) is 4.68. The fourth-order valence-electron chi connectivity index (χ4n) is 0.838. The fraction of sp³-hybridized carbons (Fsp3) is 0.833. The van der Waals surface area contributed by atoms with Gasteiger partial charge < -0.3 is 16.6 Å². The van der Waals surface area contributed by atoms with Crippen molar-refractivity contribution in [2.45, 2.75) is 18.9 Å². The smallest absolute Gasteiger partial charge is 0.320 e. The van der Waals surface area contributed by atoms with Crippen molar-refractivity contribution >= 4 is 5.97 Å². The minimum Gasteiger partial charge on any atom is -0.480 e. The van der Waals surface area contributed by atoms with E-state index in [-0.39, 0.29) is 13.0 Å². The zero-order chi connectivity index (χ0) is 9.72. The summed E-state index contributed by atoms with van der Waals surface area (Å²) in [5, 5.41) is 8.33. The van der Waals surface area contributed by atoms with Crippen LogP contribution in [0.5, 0.6) is 0 Å². The van der Waals surface area contributed by atoms with E-state index in [4.69, 9.17) is 16.6 Å². The van der Waals surface area contributed by atoms with Crippen LogP contribution in [0, 0.1) is 5.92 Å². The monoisotopic (exact) mass is 182 g/mol. The molecule has 0 fully saturated rings. The summed E-state index contributed by atoms with van der Waals surface area (Å²) < 4.78 is 24.2. The third kappa shape index (κ3) is 3.10. The Morgan fingerprint density at radius 3 is 2.25 bits per heavy atom. The molecule has 72 valence electrons. The fourth-order valence-corrected chi connectivity index (χ4v) is 0.838. The number of rotatable bonds is 5. The predicted molar refractivity (Wildman–Crippen MR) is 38.8 cm³/mol. The molecule has 0 saturated heterocycles. The lowest BCUT2D eigenvalue weighted by atomic mass is 9.97. The van der Waals surface area contributed by atoms with E-state index in [1.807, 2.05) is 0 Å². The lowest BCUT2D eigenvalue weighted by molar-refractivity contribution is -0.141. The number of alkyl halides is 2. The predicted octanol–water partition coefficient (Wildman–Crippen LogP) is -0.372. The molecule has 2 atom stereocenters. The van der Waals surface area contributed by atoms with Gasteiger partial charge in [-0.05, 0) is 13.0 Å². The van der Waals surface area contributed by atoms with Gasteiger partial charge in [-0.3, -0.25) is 4.79 Å². The molecule has 0 radical (unpaired) electrons. The van der Waals surface area contributed by atoms with E-state index in [1.165, 1.54) is 0 Å². The first-order valence-corrected chi connectivity index (χ1v) is 3.47. The molecule has 6 heteroatoms. The van der Waals surface area contributed by atoms with Gasteiger partial charge in [0.2, 0.25) is 6.43 Å². The summed E-state index contributed by atoms with van der Waals surface area (Å²) in [6.45, 7) is 0.00991. The third-order valence-corrected chi connectivity index (χ3v) is 1.57. The highest BCUT2D eigenvalue weighted by atomic mass is 19.3. The van der Waals surface area contributed by atoms with E-state index in [0.717, 1.165) is 0 Å². The van der Waals surface area contributed by atoms with Gasteiger partial charge in [0.15, 0.2) is 0 Å². The van der Waals surface area contributed by atoms with E-state index in [1.54, 1.807) is 0 Å². The highest BCUT2D eigenvalue weighted by Crippen LogP contribution is 2.16. The SMILES string of the molecule is NCCC(C(F)F)[C@@H](N)C(=O)O. The van der Waals surface area contributed by atoms with Crippen molar-refractivity contribution in [3.63, 3.8) is 0 Å². The topological polar surface area (TPSA) is 89.3 Å². The summed E-state index contributed by atoms with van der Waals surface area (Å²) in [6, 6.07) is -1.53. The average Bonchev–Trinajstić information content (AvgIpc) is 1.98. The molecule has 0 amide bonds. The number of carboxylic acid groups (broad SMARTS) is 1. The zero-order valence-corrected chi connectivity index (χ0v) is 6.41. The normalized spacial score (nSPS) is 16.1. The number of hydrogen-bond acceptors (Lipinski definition) is 3. The Morgan fingerprint density at radius 1 is 1.50 bits per heavy atom. The van der Waals surface area contributed by atoms with Crippen molar-refractivity contribution in [3.8, 4) is 0 Å². The van der Waals surface area contributed by atoms with Gasteiger partial charge in [-0.15, -0.1) is 0 Å². The molecule has 0 aliphatic heterocycles. The first-order chi connectivity index (χ1) is 5.50. The van der Waals surface area contributed by atoms with Crippen molar-refractivity contribution in [1.82, 2.24) is 0 Å². The molecule has 0 bridgehead atoms. The van der Waals surface area contributed by atoms with Crippen LogP contribution in [-0.4, -0.2) is 30.1 Å². The quantitative estimate of drug-likeness (QED) is 0.541. The largest absolute Gasteiger partial charge is 0.480 e. The van der Waals surface area contributed by atoms with Crippen molar-refractivity contribution in [1.29, 1.82) is 0 Å². The molecule has 0 spiro atoms. The van der Waals surface area contributed by atoms with Gasteiger partial charge in [0, 0.05) is 5.92 Å². The molecule has 1 unspecified atom stereocenters. The van der Waals surface area contributed by atoms with Crippen molar-refractivity contribution in [3.05, 3.63) is 0 Å². The maximum Gasteiger partial charge on any atom is 0.320 e. The molecule has 4 nitrogen and oxygen atoms in total. The Morgan fingerprint density at radius 2 is 2.00 bits per heavy atom. The maximum atomic E-state index is 12.1. The van der Waals surface area contributed by atoms with Crippen molar-refractivity contribution < 1.29 is 18.7 Å². The molecule has 0 saturated carbocycles. The summed E-state index contributed by atoms with van der Waals surface area (Å²) in [7, 11) is 0. The molecule has 0 aromatic rings. The molecule has 0 rings (SSSR count). The molecular weight excluding hydrogens is 170 g/mol. The molecule has 0 aliphatic rings. The molecular formula is C6H12F2N2O2. The van der Waals surface area contributed by atoms with Crippen LogP contribution >= 0.6 is 0 Å². The Labute approximate surface area is 68.5 Å². The lowest BCUT2D eigenvalue weighted by Crippen LogP contribution is -2.42. The first-order valence-electron chi connectivity index (χ1n) is 3.47. The number of carbonyl (C=O) groups is 1. The van der Waals surface area contributed by atoms with Gasteiger partial charge >= 0.3 is 5.97 Å². The summed E-state index contributed by atoms with van der Waals surface area (Å²) in [4.78, 5) is 10.2. The van der Waals surface area contributed by atoms with E-state index in [2.05, 4.69) is 0 Å². The molecule has 0 aromatic carbocycles. The summed E-state index contributed by atoms with van der Waals surface area (Å²) in [6.07, 6.45) is -2.81. The molecule has 0 aliphatic carbocycles. The second-order valence-electron chi connectivity index (χ2n) is 2.44. The Hall–Kier alpha value is -0.750. The van der Waals surface area contributed by atoms with Gasteiger partial charge in [0.1, 0.15) is 6.04 Å². The van der Waals surface area contributed by atoms with Crippen LogP contribution in [0.1, 0.15) is 6.42 Å². The number of halogens is 2. The van der Waals surface area contributed by atoms with Gasteiger partial charge in [0.25, 0.3) is 0 Å². The minimum absolute atomic E-state index is 0.00991. The number of carboxylic acids is 1. The number of aliphatic carboxylic acids is 1. The first kappa shape index (κ1) is 11.2. The molecule has 0 heterocycles. The van der Waals surface area contributed by atoms with E-state index >= 15 is 0 Å². The van der Waals surface area contributed by atoms with Crippen LogP contribution in [0.15, 0.2) is 0 Å². The Bertz CT molecular complexity index is 154. The highest BCUT2D eigenvalue weighted by molar-refractivity contribution is 5.73. The van der Waals surface area contributed by atoms with Gasteiger partial charge in [-0.1, -0.05) is 0 Å². The van der Waals surface area contributed by atoms with Gasteiger partial charge in [0.05, 0.1) is 0 Å². The summed E-state index contributed by atoms with van der Waals surface area (Å²) in [5.74, 6) is -2.78. The van der Waals surface area contributed by atoms with E-state index in [0.29, 0.717) is 0 Å². The second kappa shape index (κ2) is 5.00. The van der Waals surface area contributed by atoms with E-state index in [9.17, 15) is 13.6 Å². The summed E-state index contributed by atoms with van der Waals surface area (Å²) in [5.41, 5.74) is 10.0. The second-order valence-corrected chi connectivity index (χ2v) is 2.44. The van der Waals surface area contributed by atoms with Crippen LogP contribution in [0.2, 0.25) is 0 Å². The average molecular weight is 182 g/mol. The minimum atomic E-state index is -2.74. The molecule has 0 aromatic heterocycles.